The van der Waals surface area contributed by atoms with Crippen molar-refractivity contribution in [2.45, 2.75) is 39.4 Å². The van der Waals surface area contributed by atoms with E-state index in [9.17, 15) is 10.2 Å². The van der Waals surface area contributed by atoms with E-state index < -0.39 is 12.2 Å². The minimum atomic E-state index is -0.781. The molecule has 0 saturated carbocycles. The van der Waals surface area contributed by atoms with E-state index in [1.54, 1.807) is 0 Å². The van der Waals surface area contributed by atoms with E-state index in [1.165, 1.54) is 5.56 Å². The van der Waals surface area contributed by atoms with Gasteiger partial charge >= 0.3 is 0 Å². The summed E-state index contributed by atoms with van der Waals surface area (Å²) >= 11 is 0. The van der Waals surface area contributed by atoms with Crippen LogP contribution in [-0.4, -0.2) is 16.3 Å². The molecule has 2 N–H and O–H groups in total. The fourth-order valence-corrected chi connectivity index (χ4v) is 1.56. The highest BCUT2D eigenvalue weighted by Crippen LogP contribution is 2.22. The first-order valence-electron chi connectivity index (χ1n) is 5.51. The van der Waals surface area contributed by atoms with Crippen LogP contribution in [-0.2, 0) is 6.42 Å². The summed E-state index contributed by atoms with van der Waals surface area (Å²) in [5.41, 5.74) is 1.98. The number of aliphatic hydroxyl groups is 2. The number of aryl methyl sites for hydroxylation is 1. The molecule has 84 valence electrons. The predicted molar refractivity (Wildman–Crippen MR) is 61.6 cm³/mol. The summed E-state index contributed by atoms with van der Waals surface area (Å²) in [6.45, 7) is 5.87. The van der Waals surface area contributed by atoms with Gasteiger partial charge in [-0.05, 0) is 23.5 Å². The van der Waals surface area contributed by atoms with E-state index >= 15 is 0 Å². The van der Waals surface area contributed by atoms with Crippen LogP contribution in [0.2, 0.25) is 0 Å². The van der Waals surface area contributed by atoms with Crippen molar-refractivity contribution in [1.29, 1.82) is 0 Å². The minimum absolute atomic E-state index is 0.0604. The van der Waals surface area contributed by atoms with Crippen molar-refractivity contribution >= 4 is 0 Å². The Hall–Kier alpha value is -0.860. The van der Waals surface area contributed by atoms with Crippen molar-refractivity contribution in [3.63, 3.8) is 0 Å². The lowest BCUT2D eigenvalue weighted by Gasteiger charge is -2.21. The Balaban J connectivity index is 2.85. The molecular formula is C13H20O2. The molecule has 0 amide bonds. The fraction of sp³-hybridized carbons (Fsp3) is 0.538. The maximum atomic E-state index is 9.93. The molecule has 0 aliphatic carbocycles. The van der Waals surface area contributed by atoms with Crippen LogP contribution in [0.3, 0.4) is 0 Å². The highest BCUT2D eigenvalue weighted by atomic mass is 16.3. The highest BCUT2D eigenvalue weighted by molar-refractivity contribution is 5.25. The quantitative estimate of drug-likeness (QED) is 0.797. The maximum Gasteiger partial charge on any atom is 0.105 e. The summed E-state index contributed by atoms with van der Waals surface area (Å²) in [6.07, 6.45) is -0.535. The van der Waals surface area contributed by atoms with Gasteiger partial charge in [0.15, 0.2) is 0 Å². The summed E-state index contributed by atoms with van der Waals surface area (Å²) in [5, 5.41) is 19.7. The van der Waals surface area contributed by atoms with Gasteiger partial charge in [-0.1, -0.05) is 45.0 Å². The molecule has 2 heteroatoms. The Morgan fingerprint density at radius 1 is 1.20 bits per heavy atom. The van der Waals surface area contributed by atoms with Crippen LogP contribution < -0.4 is 0 Å². The highest BCUT2D eigenvalue weighted by Gasteiger charge is 2.21. The summed E-state index contributed by atoms with van der Waals surface area (Å²) in [7, 11) is 0. The predicted octanol–water partition coefficient (Wildman–Crippen LogP) is 2.30. The number of hydrogen-bond donors (Lipinski definition) is 2. The molecule has 0 heterocycles. The smallest absolute Gasteiger partial charge is 0.105 e. The van der Waals surface area contributed by atoms with Crippen LogP contribution in [0.4, 0.5) is 0 Å². The zero-order chi connectivity index (χ0) is 11.4. The number of hydrogen-bond acceptors (Lipinski definition) is 2. The topological polar surface area (TPSA) is 40.5 Å². The second-order valence-corrected chi connectivity index (χ2v) is 4.28. The van der Waals surface area contributed by atoms with Gasteiger partial charge in [0.1, 0.15) is 6.10 Å². The molecule has 0 aromatic heterocycles. The molecule has 0 spiro atoms. The Morgan fingerprint density at radius 3 is 2.40 bits per heavy atom. The summed E-state index contributed by atoms with van der Waals surface area (Å²) in [4.78, 5) is 0. The lowest BCUT2D eigenvalue weighted by atomic mass is 9.95. The zero-order valence-corrected chi connectivity index (χ0v) is 9.64. The van der Waals surface area contributed by atoms with Crippen molar-refractivity contribution in [2.75, 3.05) is 0 Å². The van der Waals surface area contributed by atoms with E-state index in [-0.39, 0.29) is 5.92 Å². The minimum Gasteiger partial charge on any atom is -0.390 e. The van der Waals surface area contributed by atoms with Crippen LogP contribution in [0.25, 0.3) is 0 Å². The Morgan fingerprint density at radius 2 is 1.87 bits per heavy atom. The maximum absolute atomic E-state index is 9.93. The number of rotatable bonds is 4. The van der Waals surface area contributed by atoms with E-state index in [0.29, 0.717) is 0 Å². The normalized spacial score (nSPS) is 15.3. The first-order chi connectivity index (χ1) is 7.06. The van der Waals surface area contributed by atoms with Crippen LogP contribution >= 0.6 is 0 Å². The lowest BCUT2D eigenvalue weighted by molar-refractivity contribution is -0.00942. The first-order valence-corrected chi connectivity index (χ1v) is 5.51. The molecule has 2 atom stereocenters. The van der Waals surface area contributed by atoms with Crippen molar-refractivity contribution in [3.05, 3.63) is 35.4 Å². The molecule has 15 heavy (non-hydrogen) atoms. The van der Waals surface area contributed by atoms with Gasteiger partial charge in [-0.25, -0.2) is 0 Å². The van der Waals surface area contributed by atoms with E-state index in [4.69, 9.17) is 0 Å². The molecule has 2 unspecified atom stereocenters. The Labute approximate surface area is 91.6 Å². The number of benzene rings is 1. The molecular weight excluding hydrogens is 188 g/mol. The monoisotopic (exact) mass is 208 g/mol. The van der Waals surface area contributed by atoms with Gasteiger partial charge in [0, 0.05) is 0 Å². The van der Waals surface area contributed by atoms with Gasteiger partial charge in [0.2, 0.25) is 0 Å². The average Bonchev–Trinajstić information content (AvgIpc) is 2.27. The van der Waals surface area contributed by atoms with E-state index in [2.05, 4.69) is 6.92 Å². The second-order valence-electron chi connectivity index (χ2n) is 4.28. The van der Waals surface area contributed by atoms with Gasteiger partial charge < -0.3 is 10.2 Å². The summed E-state index contributed by atoms with van der Waals surface area (Å²) < 4.78 is 0. The van der Waals surface area contributed by atoms with Gasteiger partial charge in [-0.2, -0.15) is 0 Å². The van der Waals surface area contributed by atoms with Crippen molar-refractivity contribution in [1.82, 2.24) is 0 Å². The van der Waals surface area contributed by atoms with Crippen molar-refractivity contribution < 1.29 is 10.2 Å². The third-order valence-electron chi connectivity index (χ3n) is 2.71. The molecule has 1 aromatic carbocycles. The van der Waals surface area contributed by atoms with Crippen LogP contribution in [0.15, 0.2) is 24.3 Å². The Kier molecular flexibility index (Phi) is 4.30. The molecule has 2 nitrogen and oxygen atoms in total. The number of aliphatic hydroxyl groups excluding tert-OH is 2. The van der Waals surface area contributed by atoms with Gasteiger partial charge in [-0.15, -0.1) is 0 Å². The summed E-state index contributed by atoms with van der Waals surface area (Å²) in [6, 6.07) is 7.76. The molecule has 0 aliphatic rings. The first kappa shape index (κ1) is 12.2. The Bertz CT molecular complexity index is 307. The lowest BCUT2D eigenvalue weighted by Crippen LogP contribution is -2.23. The zero-order valence-electron chi connectivity index (χ0n) is 9.64. The molecule has 0 saturated heterocycles. The third kappa shape index (κ3) is 3.05. The largest absolute Gasteiger partial charge is 0.390 e. The van der Waals surface area contributed by atoms with Crippen molar-refractivity contribution in [3.8, 4) is 0 Å². The van der Waals surface area contributed by atoms with Gasteiger partial charge in [-0.3, -0.25) is 0 Å². The van der Waals surface area contributed by atoms with Crippen LogP contribution in [0.5, 0.6) is 0 Å². The second kappa shape index (κ2) is 5.29. The third-order valence-corrected chi connectivity index (χ3v) is 2.71. The van der Waals surface area contributed by atoms with Crippen molar-refractivity contribution in [2.24, 2.45) is 5.92 Å². The standard InChI is InChI=1S/C13H20O2/c1-4-10-6-5-7-11(8-10)13(15)12(14)9(2)3/h5-9,12-15H,4H2,1-3H3. The average molecular weight is 208 g/mol. The molecule has 0 bridgehead atoms. The molecule has 0 aliphatic heterocycles. The van der Waals surface area contributed by atoms with Gasteiger partial charge in [0.25, 0.3) is 0 Å². The van der Waals surface area contributed by atoms with E-state index in [1.807, 2.05) is 38.1 Å². The molecule has 0 radical (unpaired) electrons. The molecule has 0 fully saturated rings. The fourth-order valence-electron chi connectivity index (χ4n) is 1.56. The van der Waals surface area contributed by atoms with Gasteiger partial charge in [0.05, 0.1) is 6.10 Å². The SMILES string of the molecule is CCc1cccc(C(O)C(O)C(C)C)c1. The van der Waals surface area contributed by atoms with Crippen LogP contribution in [0, 0.1) is 5.92 Å². The van der Waals surface area contributed by atoms with Crippen LogP contribution in [0.1, 0.15) is 38.0 Å². The van der Waals surface area contributed by atoms with E-state index in [0.717, 1.165) is 12.0 Å². The molecule has 1 rings (SSSR count). The summed E-state index contributed by atoms with van der Waals surface area (Å²) in [5.74, 6) is 0.0604. The molecule has 1 aromatic rings.